The number of aryl methyl sites for hydroxylation is 1. The molecule has 1 aromatic heterocycles. The molecule has 0 unspecified atom stereocenters. The number of rotatable bonds is 8. The molecule has 0 atom stereocenters. The van der Waals surface area contributed by atoms with Crippen molar-refractivity contribution in [3.63, 3.8) is 0 Å². The van der Waals surface area contributed by atoms with Crippen LogP contribution in [0.1, 0.15) is 38.1 Å². The number of anilines is 1. The Bertz CT molecular complexity index is 1050. The van der Waals surface area contributed by atoms with Gasteiger partial charge in [0.2, 0.25) is 5.03 Å². The van der Waals surface area contributed by atoms with Gasteiger partial charge in [-0.1, -0.05) is 39.3 Å². The monoisotopic (exact) mass is 495 g/mol. The van der Waals surface area contributed by atoms with Crippen LogP contribution >= 0.6 is 11.6 Å². The first kappa shape index (κ1) is 25.5. The fraction of sp³-hybridized carbons (Fsp3) is 0.565. The Balaban J connectivity index is 1.81. The molecule has 2 aromatic rings. The third-order valence-corrected chi connectivity index (χ3v) is 7.59. The van der Waals surface area contributed by atoms with Crippen molar-refractivity contribution >= 4 is 33.2 Å². The summed E-state index contributed by atoms with van der Waals surface area (Å²) in [5.41, 5.74) is 1.14. The first-order valence-electron chi connectivity index (χ1n) is 11.3. The summed E-state index contributed by atoms with van der Waals surface area (Å²) in [4.78, 5) is 17.3. The van der Waals surface area contributed by atoms with Crippen LogP contribution in [0, 0.1) is 11.8 Å². The summed E-state index contributed by atoms with van der Waals surface area (Å²) in [6.45, 7) is 11.0. The highest BCUT2D eigenvalue weighted by atomic mass is 35.5. The SMILES string of the molecule is CC(C)CN(CC(C)C)C(=O)c1cn(C)nc1S(=O)(=O)N1CCN(c2ccc(Cl)cc2)CC1. The van der Waals surface area contributed by atoms with Crippen LogP contribution < -0.4 is 4.90 Å². The van der Waals surface area contributed by atoms with Crippen LogP contribution in [-0.4, -0.2) is 72.6 Å². The first-order chi connectivity index (χ1) is 15.5. The topological polar surface area (TPSA) is 78.8 Å². The van der Waals surface area contributed by atoms with E-state index in [1.54, 1.807) is 11.9 Å². The number of carbonyl (C=O) groups is 1. The van der Waals surface area contributed by atoms with Crippen LogP contribution in [0.15, 0.2) is 35.5 Å². The second kappa shape index (κ2) is 10.4. The molecule has 10 heteroatoms. The van der Waals surface area contributed by atoms with E-state index in [2.05, 4.69) is 10.00 Å². The number of sulfonamides is 1. The van der Waals surface area contributed by atoms with Crippen LogP contribution in [-0.2, 0) is 17.1 Å². The maximum atomic E-state index is 13.5. The molecule has 8 nitrogen and oxygen atoms in total. The van der Waals surface area contributed by atoms with Crippen molar-refractivity contribution in [3.8, 4) is 0 Å². The molecule has 0 N–H and O–H groups in total. The number of hydrogen-bond acceptors (Lipinski definition) is 5. The zero-order valence-electron chi connectivity index (χ0n) is 20.0. The second-order valence-corrected chi connectivity index (χ2v) is 11.7. The van der Waals surface area contributed by atoms with Gasteiger partial charge in [-0.25, -0.2) is 8.42 Å². The Morgan fingerprint density at radius 3 is 2.09 bits per heavy atom. The van der Waals surface area contributed by atoms with E-state index in [1.165, 1.54) is 15.2 Å². The summed E-state index contributed by atoms with van der Waals surface area (Å²) in [6.07, 6.45) is 1.52. The van der Waals surface area contributed by atoms with E-state index in [4.69, 9.17) is 11.6 Å². The molecule has 1 fully saturated rings. The second-order valence-electron chi connectivity index (χ2n) is 9.39. The van der Waals surface area contributed by atoms with Crippen LogP contribution in [0.2, 0.25) is 5.02 Å². The molecule has 182 valence electrons. The molecular weight excluding hydrogens is 462 g/mol. The lowest BCUT2D eigenvalue weighted by atomic mass is 10.1. The normalized spacial score (nSPS) is 15.5. The van der Waals surface area contributed by atoms with Gasteiger partial charge in [0.15, 0.2) is 0 Å². The quantitative estimate of drug-likeness (QED) is 0.561. The van der Waals surface area contributed by atoms with E-state index < -0.39 is 10.0 Å². The van der Waals surface area contributed by atoms with Gasteiger partial charge < -0.3 is 9.80 Å². The van der Waals surface area contributed by atoms with Crippen LogP contribution in [0.5, 0.6) is 0 Å². The third kappa shape index (κ3) is 6.07. The minimum absolute atomic E-state index is 0.138. The van der Waals surface area contributed by atoms with Gasteiger partial charge in [0.1, 0.15) is 0 Å². The molecule has 0 spiro atoms. The molecule has 33 heavy (non-hydrogen) atoms. The molecular formula is C23H34ClN5O3S. The lowest BCUT2D eigenvalue weighted by molar-refractivity contribution is 0.0711. The molecule has 1 amide bonds. The maximum absolute atomic E-state index is 13.5. The van der Waals surface area contributed by atoms with Crippen LogP contribution in [0.25, 0.3) is 0 Å². The van der Waals surface area contributed by atoms with E-state index in [9.17, 15) is 13.2 Å². The average Bonchev–Trinajstić information content (AvgIpc) is 3.15. The van der Waals surface area contributed by atoms with Gasteiger partial charge in [-0.3, -0.25) is 9.48 Å². The maximum Gasteiger partial charge on any atom is 0.263 e. The standard InChI is InChI=1S/C23H34ClN5O3S/c1-17(2)14-28(15-18(3)4)23(30)21-16-26(5)25-22(21)33(31,32)29-12-10-27(11-13-29)20-8-6-19(24)7-9-20/h6-9,16-18H,10-15H2,1-5H3. The number of carbonyl (C=O) groups excluding carboxylic acids is 1. The molecule has 3 rings (SSSR count). The molecule has 1 aliphatic rings. The summed E-state index contributed by atoms with van der Waals surface area (Å²) < 4.78 is 29.9. The molecule has 1 saturated heterocycles. The van der Waals surface area contributed by atoms with Crippen molar-refractivity contribution in [2.24, 2.45) is 18.9 Å². The highest BCUT2D eigenvalue weighted by Crippen LogP contribution is 2.25. The Hall–Kier alpha value is -2.10. The number of hydrogen-bond donors (Lipinski definition) is 0. The van der Waals surface area contributed by atoms with Crippen LogP contribution in [0.4, 0.5) is 5.69 Å². The van der Waals surface area contributed by atoms with Crippen LogP contribution in [0.3, 0.4) is 0 Å². The van der Waals surface area contributed by atoms with Gasteiger partial charge in [-0.05, 0) is 36.1 Å². The van der Waals surface area contributed by atoms with Gasteiger partial charge in [0, 0.05) is 63.2 Å². The number of amides is 1. The number of halogens is 1. The fourth-order valence-electron chi connectivity index (χ4n) is 4.06. The summed E-state index contributed by atoms with van der Waals surface area (Å²) in [7, 11) is -2.27. The predicted octanol–water partition coefficient (Wildman–Crippen LogP) is 3.34. The highest BCUT2D eigenvalue weighted by Gasteiger charge is 2.36. The van der Waals surface area contributed by atoms with E-state index in [1.807, 2.05) is 52.0 Å². The first-order valence-corrected chi connectivity index (χ1v) is 13.1. The van der Waals surface area contributed by atoms with Crippen molar-refractivity contribution in [1.82, 2.24) is 19.0 Å². The van der Waals surface area contributed by atoms with Gasteiger partial charge >= 0.3 is 0 Å². The number of piperazine rings is 1. The van der Waals surface area contributed by atoms with Crippen molar-refractivity contribution in [1.29, 1.82) is 0 Å². The molecule has 0 saturated carbocycles. The molecule has 1 aromatic carbocycles. The lowest BCUT2D eigenvalue weighted by Crippen LogP contribution is -2.49. The van der Waals surface area contributed by atoms with Crippen molar-refractivity contribution in [2.45, 2.75) is 32.7 Å². The molecule has 0 radical (unpaired) electrons. The largest absolute Gasteiger partial charge is 0.369 e. The summed E-state index contributed by atoms with van der Waals surface area (Å²) >= 11 is 5.98. The Labute approximate surface area is 202 Å². The van der Waals surface area contributed by atoms with Gasteiger partial charge in [-0.2, -0.15) is 9.40 Å². The Morgan fingerprint density at radius 1 is 1.03 bits per heavy atom. The van der Waals surface area contributed by atoms with Gasteiger partial charge in [0.05, 0.1) is 5.56 Å². The number of aromatic nitrogens is 2. The summed E-state index contributed by atoms with van der Waals surface area (Å²) in [5, 5.41) is 4.72. The zero-order chi connectivity index (χ0) is 24.3. The highest BCUT2D eigenvalue weighted by molar-refractivity contribution is 7.89. The number of benzene rings is 1. The molecule has 1 aliphatic heterocycles. The van der Waals surface area contributed by atoms with Gasteiger partial charge in [-0.15, -0.1) is 0 Å². The lowest BCUT2D eigenvalue weighted by Gasteiger charge is -2.35. The third-order valence-electron chi connectivity index (χ3n) is 5.50. The Kier molecular flexibility index (Phi) is 8.08. The zero-order valence-corrected chi connectivity index (χ0v) is 21.6. The van der Waals surface area contributed by atoms with E-state index in [0.717, 1.165) is 5.69 Å². The fourth-order valence-corrected chi connectivity index (χ4v) is 5.72. The van der Waals surface area contributed by atoms with E-state index >= 15 is 0 Å². The van der Waals surface area contributed by atoms with E-state index in [-0.39, 0.29) is 28.3 Å². The number of nitrogens with zero attached hydrogens (tertiary/aromatic N) is 5. The molecule has 0 bridgehead atoms. The summed E-state index contributed by atoms with van der Waals surface area (Å²) in [5.74, 6) is 0.250. The van der Waals surface area contributed by atoms with Crippen molar-refractivity contribution in [2.75, 3.05) is 44.2 Å². The van der Waals surface area contributed by atoms with Crippen molar-refractivity contribution in [3.05, 3.63) is 41.0 Å². The minimum atomic E-state index is -3.91. The smallest absolute Gasteiger partial charge is 0.263 e. The average molecular weight is 496 g/mol. The van der Waals surface area contributed by atoms with Gasteiger partial charge in [0.25, 0.3) is 15.9 Å². The van der Waals surface area contributed by atoms with Crippen molar-refractivity contribution < 1.29 is 13.2 Å². The summed E-state index contributed by atoms with van der Waals surface area (Å²) in [6, 6.07) is 7.51. The molecule has 0 aliphatic carbocycles. The minimum Gasteiger partial charge on any atom is -0.369 e. The Morgan fingerprint density at radius 2 is 1.58 bits per heavy atom. The molecule has 2 heterocycles. The van der Waals surface area contributed by atoms with E-state index in [0.29, 0.717) is 44.3 Å². The predicted molar refractivity (Wildman–Crippen MR) is 131 cm³/mol.